The van der Waals surface area contributed by atoms with Crippen LogP contribution in [0.5, 0.6) is 5.75 Å². The summed E-state index contributed by atoms with van der Waals surface area (Å²) in [5, 5.41) is 9.13. The van der Waals surface area contributed by atoms with Crippen LogP contribution in [0, 0.1) is 16.7 Å². The molecule has 0 spiro atoms. The van der Waals surface area contributed by atoms with Gasteiger partial charge in [0.05, 0.1) is 12.7 Å². The van der Waals surface area contributed by atoms with Crippen LogP contribution in [0.4, 0.5) is 0 Å². The average Bonchev–Trinajstić information content (AvgIpc) is 2.60. The molecule has 0 atom stereocenters. The van der Waals surface area contributed by atoms with Crippen LogP contribution in [0.2, 0.25) is 0 Å². The van der Waals surface area contributed by atoms with Gasteiger partial charge in [-0.15, -0.1) is 0 Å². The van der Waals surface area contributed by atoms with E-state index in [-0.39, 0.29) is 11.3 Å². The molecule has 0 unspecified atom stereocenters. The highest BCUT2D eigenvalue weighted by Crippen LogP contribution is 2.31. The van der Waals surface area contributed by atoms with Crippen molar-refractivity contribution in [1.82, 2.24) is 4.90 Å². The molecule has 1 aliphatic rings. The van der Waals surface area contributed by atoms with Crippen LogP contribution >= 0.6 is 0 Å². The van der Waals surface area contributed by atoms with Crippen LogP contribution in [-0.2, 0) is 11.3 Å². The quantitative estimate of drug-likeness (QED) is 0.858. The van der Waals surface area contributed by atoms with E-state index in [9.17, 15) is 4.79 Å². The first-order valence-corrected chi connectivity index (χ1v) is 7.30. The number of methoxy groups -OCH3 is 1. The molecule has 1 fully saturated rings. The summed E-state index contributed by atoms with van der Waals surface area (Å²) in [6.07, 6.45) is 2.56. The van der Waals surface area contributed by atoms with Crippen LogP contribution < -0.4 is 4.74 Å². The lowest BCUT2D eigenvalue weighted by Crippen LogP contribution is -2.30. The molecule has 1 amide bonds. The lowest BCUT2D eigenvalue weighted by Gasteiger charge is -2.23. The summed E-state index contributed by atoms with van der Waals surface area (Å²) in [6.45, 7) is 5.77. The van der Waals surface area contributed by atoms with Gasteiger partial charge in [0, 0.05) is 19.5 Å². The van der Waals surface area contributed by atoms with Crippen molar-refractivity contribution in [2.75, 3.05) is 13.7 Å². The molecule has 1 saturated heterocycles. The Hall–Kier alpha value is -2.02. The number of benzene rings is 1. The summed E-state index contributed by atoms with van der Waals surface area (Å²) in [5.41, 5.74) is 1.71. The number of nitriles is 1. The topological polar surface area (TPSA) is 53.3 Å². The first-order valence-electron chi connectivity index (χ1n) is 7.30. The zero-order valence-electron chi connectivity index (χ0n) is 13.0. The Labute approximate surface area is 126 Å². The predicted octanol–water partition coefficient (Wildman–Crippen LogP) is 3.11. The highest BCUT2D eigenvalue weighted by Gasteiger charge is 2.27. The van der Waals surface area contributed by atoms with Gasteiger partial charge >= 0.3 is 0 Å². The standard InChI is InChI=1S/C17H22N2O2/c1-17(2)7-6-16(20)19(9-8-17)12-13-4-5-15(21-3)14(10-13)11-18/h4-5,10H,6-9,12H2,1-3H3. The Balaban J connectivity index is 2.14. The van der Waals surface area contributed by atoms with E-state index in [1.165, 1.54) is 0 Å². The first kappa shape index (κ1) is 15.4. The Morgan fingerprint density at radius 1 is 1.38 bits per heavy atom. The van der Waals surface area contributed by atoms with Crippen molar-refractivity contribution in [3.63, 3.8) is 0 Å². The van der Waals surface area contributed by atoms with E-state index in [1.807, 2.05) is 17.0 Å². The van der Waals surface area contributed by atoms with Crippen molar-refractivity contribution in [2.45, 2.75) is 39.7 Å². The highest BCUT2D eigenvalue weighted by molar-refractivity contribution is 5.76. The van der Waals surface area contributed by atoms with Crippen LogP contribution in [0.15, 0.2) is 18.2 Å². The second kappa shape index (κ2) is 6.17. The molecule has 0 bridgehead atoms. The normalized spacial score (nSPS) is 18.0. The zero-order valence-corrected chi connectivity index (χ0v) is 13.0. The number of hydrogen-bond acceptors (Lipinski definition) is 3. The number of amides is 1. The number of carbonyl (C=O) groups is 1. The third-order valence-electron chi connectivity index (χ3n) is 4.18. The van der Waals surface area contributed by atoms with E-state index in [4.69, 9.17) is 10.00 Å². The molecule has 4 nitrogen and oxygen atoms in total. The third-order valence-corrected chi connectivity index (χ3v) is 4.18. The molecule has 1 aliphatic heterocycles. The predicted molar refractivity (Wildman–Crippen MR) is 80.8 cm³/mol. The monoisotopic (exact) mass is 286 g/mol. The fraction of sp³-hybridized carbons (Fsp3) is 0.529. The number of nitrogens with zero attached hydrogens (tertiary/aromatic N) is 2. The summed E-state index contributed by atoms with van der Waals surface area (Å²) in [4.78, 5) is 14.1. The second-order valence-corrected chi connectivity index (χ2v) is 6.38. The minimum atomic E-state index is 0.204. The SMILES string of the molecule is COc1ccc(CN2CCC(C)(C)CCC2=O)cc1C#N. The maximum Gasteiger partial charge on any atom is 0.222 e. The molecule has 0 N–H and O–H groups in total. The van der Waals surface area contributed by atoms with E-state index in [0.29, 0.717) is 24.3 Å². The summed E-state index contributed by atoms with van der Waals surface area (Å²) >= 11 is 0. The molecular weight excluding hydrogens is 264 g/mol. The van der Waals surface area contributed by atoms with E-state index in [0.717, 1.165) is 24.9 Å². The Morgan fingerprint density at radius 3 is 2.81 bits per heavy atom. The molecule has 2 rings (SSSR count). The number of hydrogen-bond donors (Lipinski definition) is 0. The molecular formula is C17H22N2O2. The molecule has 0 radical (unpaired) electrons. The van der Waals surface area contributed by atoms with E-state index >= 15 is 0 Å². The number of carbonyl (C=O) groups excluding carboxylic acids is 1. The van der Waals surface area contributed by atoms with Gasteiger partial charge < -0.3 is 9.64 Å². The van der Waals surface area contributed by atoms with Gasteiger partial charge in [0.1, 0.15) is 11.8 Å². The molecule has 0 aliphatic carbocycles. The maximum absolute atomic E-state index is 12.2. The van der Waals surface area contributed by atoms with Gasteiger partial charge in [0.25, 0.3) is 0 Å². The highest BCUT2D eigenvalue weighted by atomic mass is 16.5. The molecule has 21 heavy (non-hydrogen) atoms. The van der Waals surface area contributed by atoms with E-state index in [2.05, 4.69) is 19.9 Å². The summed E-state index contributed by atoms with van der Waals surface area (Å²) in [5.74, 6) is 0.777. The van der Waals surface area contributed by atoms with Crippen LogP contribution in [0.3, 0.4) is 0 Å². The van der Waals surface area contributed by atoms with Crippen molar-refractivity contribution in [3.8, 4) is 11.8 Å². The first-order chi connectivity index (χ1) is 9.95. The number of likely N-dealkylation sites (tertiary alicyclic amines) is 1. The van der Waals surface area contributed by atoms with Crippen LogP contribution in [-0.4, -0.2) is 24.5 Å². The lowest BCUT2D eigenvalue weighted by molar-refractivity contribution is -0.131. The Morgan fingerprint density at radius 2 is 2.14 bits per heavy atom. The molecule has 4 heteroatoms. The van der Waals surface area contributed by atoms with Gasteiger partial charge in [-0.25, -0.2) is 0 Å². The van der Waals surface area contributed by atoms with Gasteiger partial charge in [-0.3, -0.25) is 4.79 Å². The third kappa shape index (κ3) is 3.75. The van der Waals surface area contributed by atoms with E-state index < -0.39 is 0 Å². The van der Waals surface area contributed by atoms with Gasteiger partial charge in [0.15, 0.2) is 0 Å². The van der Waals surface area contributed by atoms with Gasteiger partial charge in [0.2, 0.25) is 5.91 Å². The van der Waals surface area contributed by atoms with Crippen molar-refractivity contribution < 1.29 is 9.53 Å². The minimum Gasteiger partial charge on any atom is -0.495 e. The molecule has 0 saturated carbocycles. The largest absolute Gasteiger partial charge is 0.495 e. The fourth-order valence-corrected chi connectivity index (χ4v) is 2.62. The van der Waals surface area contributed by atoms with Crippen molar-refractivity contribution >= 4 is 5.91 Å². The van der Waals surface area contributed by atoms with Gasteiger partial charge in [-0.2, -0.15) is 5.26 Å². The average molecular weight is 286 g/mol. The number of ether oxygens (including phenoxy) is 1. The summed E-state index contributed by atoms with van der Waals surface area (Å²) in [6, 6.07) is 7.65. The molecule has 1 aromatic rings. The second-order valence-electron chi connectivity index (χ2n) is 6.38. The minimum absolute atomic E-state index is 0.204. The van der Waals surface area contributed by atoms with Crippen LogP contribution in [0.25, 0.3) is 0 Å². The van der Waals surface area contributed by atoms with Crippen molar-refractivity contribution in [3.05, 3.63) is 29.3 Å². The van der Waals surface area contributed by atoms with Crippen LogP contribution in [0.1, 0.15) is 44.2 Å². The van der Waals surface area contributed by atoms with E-state index in [1.54, 1.807) is 13.2 Å². The molecule has 112 valence electrons. The smallest absolute Gasteiger partial charge is 0.222 e. The Bertz CT molecular complexity index is 573. The molecule has 1 aromatic carbocycles. The fourth-order valence-electron chi connectivity index (χ4n) is 2.62. The van der Waals surface area contributed by atoms with Crippen molar-refractivity contribution in [2.24, 2.45) is 5.41 Å². The Kier molecular flexibility index (Phi) is 4.52. The number of rotatable bonds is 3. The molecule has 0 aromatic heterocycles. The van der Waals surface area contributed by atoms with Crippen molar-refractivity contribution in [1.29, 1.82) is 5.26 Å². The molecule has 1 heterocycles. The maximum atomic E-state index is 12.2. The lowest BCUT2D eigenvalue weighted by atomic mass is 9.85. The van der Waals surface area contributed by atoms with Gasteiger partial charge in [-0.1, -0.05) is 19.9 Å². The zero-order chi connectivity index (χ0) is 15.5. The summed E-state index contributed by atoms with van der Waals surface area (Å²) in [7, 11) is 1.55. The summed E-state index contributed by atoms with van der Waals surface area (Å²) < 4.78 is 5.15. The van der Waals surface area contributed by atoms with Gasteiger partial charge in [-0.05, 0) is 36.0 Å².